The van der Waals surface area contributed by atoms with Gasteiger partial charge in [-0.2, -0.15) is 0 Å². The van der Waals surface area contributed by atoms with Gasteiger partial charge in [0, 0.05) is 30.6 Å². The Bertz CT molecular complexity index is 661. The molecule has 1 unspecified atom stereocenters. The summed E-state index contributed by atoms with van der Waals surface area (Å²) in [5, 5.41) is 3.20. The van der Waals surface area contributed by atoms with Crippen LogP contribution in [0.15, 0.2) is 30.3 Å². The van der Waals surface area contributed by atoms with E-state index in [1.165, 1.54) is 29.7 Å². The van der Waals surface area contributed by atoms with Gasteiger partial charge in [0.05, 0.1) is 0 Å². The highest BCUT2D eigenvalue weighted by molar-refractivity contribution is 5.39. The van der Waals surface area contributed by atoms with Crippen LogP contribution >= 0.6 is 0 Å². The number of rotatable bonds is 3. The van der Waals surface area contributed by atoms with Crippen molar-refractivity contribution in [2.24, 2.45) is 0 Å². The summed E-state index contributed by atoms with van der Waals surface area (Å²) in [6.45, 7) is 0. The summed E-state index contributed by atoms with van der Waals surface area (Å²) in [5.74, 6) is 3.15. The topological polar surface area (TPSA) is 37.8 Å². The van der Waals surface area contributed by atoms with E-state index in [0.717, 1.165) is 30.9 Å². The van der Waals surface area contributed by atoms with E-state index in [1.54, 1.807) is 0 Å². The van der Waals surface area contributed by atoms with Gasteiger partial charge in [0.25, 0.3) is 0 Å². The molecular weight excluding hydrogens is 258 g/mol. The van der Waals surface area contributed by atoms with Crippen LogP contribution in [0.1, 0.15) is 53.7 Å². The molecule has 0 amide bonds. The van der Waals surface area contributed by atoms with Crippen molar-refractivity contribution in [3.63, 3.8) is 0 Å². The van der Waals surface area contributed by atoms with Gasteiger partial charge < -0.3 is 5.32 Å². The van der Waals surface area contributed by atoms with Crippen molar-refractivity contribution in [2.45, 2.75) is 43.9 Å². The molecular formula is C18H21N3. The SMILES string of the molecule is CNc1cc(C2CC2)nc(C2CCc3ccccc3C2)n1. The molecule has 4 rings (SSSR count). The number of benzene rings is 1. The lowest BCUT2D eigenvalue weighted by atomic mass is 9.83. The van der Waals surface area contributed by atoms with Gasteiger partial charge in [0.1, 0.15) is 11.6 Å². The average Bonchev–Trinajstić information content (AvgIpc) is 3.39. The van der Waals surface area contributed by atoms with Crippen molar-refractivity contribution >= 4 is 5.82 Å². The fraction of sp³-hybridized carbons (Fsp3) is 0.444. The maximum absolute atomic E-state index is 4.89. The first-order valence-electron chi connectivity index (χ1n) is 7.97. The Morgan fingerprint density at radius 3 is 2.57 bits per heavy atom. The predicted molar refractivity (Wildman–Crippen MR) is 84.8 cm³/mol. The molecule has 1 heterocycles. The average molecular weight is 279 g/mol. The highest BCUT2D eigenvalue weighted by Gasteiger charge is 2.28. The van der Waals surface area contributed by atoms with Crippen LogP contribution in [0, 0.1) is 0 Å². The molecule has 0 spiro atoms. The van der Waals surface area contributed by atoms with E-state index in [4.69, 9.17) is 9.97 Å². The van der Waals surface area contributed by atoms with Gasteiger partial charge in [0.15, 0.2) is 0 Å². The Balaban J connectivity index is 1.66. The van der Waals surface area contributed by atoms with Gasteiger partial charge in [-0.15, -0.1) is 0 Å². The molecule has 1 fully saturated rings. The number of nitrogens with zero attached hydrogens (tertiary/aromatic N) is 2. The van der Waals surface area contributed by atoms with E-state index < -0.39 is 0 Å². The van der Waals surface area contributed by atoms with E-state index >= 15 is 0 Å². The lowest BCUT2D eigenvalue weighted by molar-refractivity contribution is 0.553. The third-order valence-electron chi connectivity index (χ3n) is 4.73. The van der Waals surface area contributed by atoms with Crippen LogP contribution in [-0.2, 0) is 12.8 Å². The summed E-state index contributed by atoms with van der Waals surface area (Å²) < 4.78 is 0. The summed E-state index contributed by atoms with van der Waals surface area (Å²) in [6, 6.07) is 10.9. The molecule has 0 bridgehead atoms. The maximum atomic E-state index is 4.89. The fourth-order valence-electron chi connectivity index (χ4n) is 3.30. The van der Waals surface area contributed by atoms with E-state index in [1.807, 2.05) is 7.05 Å². The summed E-state index contributed by atoms with van der Waals surface area (Å²) in [6.07, 6.45) is 5.95. The van der Waals surface area contributed by atoms with Crippen LogP contribution < -0.4 is 5.32 Å². The fourth-order valence-corrected chi connectivity index (χ4v) is 3.30. The monoisotopic (exact) mass is 279 g/mol. The van der Waals surface area contributed by atoms with Crippen LogP contribution in [0.5, 0.6) is 0 Å². The number of hydrogen-bond acceptors (Lipinski definition) is 3. The van der Waals surface area contributed by atoms with Gasteiger partial charge in [-0.05, 0) is 43.2 Å². The third-order valence-corrected chi connectivity index (χ3v) is 4.73. The molecule has 1 aromatic heterocycles. The van der Waals surface area contributed by atoms with Gasteiger partial charge in [-0.1, -0.05) is 24.3 Å². The summed E-state index contributed by atoms with van der Waals surface area (Å²) in [4.78, 5) is 9.63. The zero-order valence-electron chi connectivity index (χ0n) is 12.5. The molecule has 2 aromatic rings. The largest absolute Gasteiger partial charge is 0.373 e. The highest BCUT2D eigenvalue weighted by Crippen LogP contribution is 2.40. The number of anilines is 1. The van der Waals surface area contributed by atoms with Crippen LogP contribution in [0.25, 0.3) is 0 Å². The molecule has 2 aliphatic rings. The first-order chi connectivity index (χ1) is 10.3. The number of aryl methyl sites for hydroxylation is 1. The van der Waals surface area contributed by atoms with E-state index in [2.05, 4.69) is 35.6 Å². The lowest BCUT2D eigenvalue weighted by Crippen LogP contribution is -2.16. The predicted octanol–water partition coefficient (Wildman–Crippen LogP) is 3.67. The standard InChI is InChI=1S/C18H21N3/c1-19-17-11-16(13-7-8-13)20-18(21-17)15-9-6-12-4-2-3-5-14(12)10-15/h2-5,11,13,15H,6-10H2,1H3,(H,19,20,21). The molecule has 0 saturated heterocycles. The molecule has 1 N–H and O–H groups in total. The quantitative estimate of drug-likeness (QED) is 0.931. The van der Waals surface area contributed by atoms with Gasteiger partial charge in [-0.25, -0.2) is 9.97 Å². The van der Waals surface area contributed by atoms with Crippen LogP contribution in [-0.4, -0.2) is 17.0 Å². The van der Waals surface area contributed by atoms with Crippen molar-refractivity contribution in [1.82, 2.24) is 9.97 Å². The molecule has 0 radical (unpaired) electrons. The number of hydrogen-bond donors (Lipinski definition) is 1. The number of fused-ring (bicyclic) bond motifs is 1. The normalized spacial score (nSPS) is 20.9. The van der Waals surface area contributed by atoms with Crippen molar-refractivity contribution < 1.29 is 0 Å². The molecule has 0 aliphatic heterocycles. The molecule has 3 heteroatoms. The summed E-state index contributed by atoms with van der Waals surface area (Å²) in [5.41, 5.74) is 4.21. The Morgan fingerprint density at radius 2 is 1.81 bits per heavy atom. The highest BCUT2D eigenvalue weighted by atomic mass is 15.0. The van der Waals surface area contributed by atoms with E-state index in [9.17, 15) is 0 Å². The first kappa shape index (κ1) is 12.8. The Kier molecular flexibility index (Phi) is 3.13. The third kappa shape index (κ3) is 2.53. The number of nitrogens with one attached hydrogen (secondary N) is 1. The van der Waals surface area contributed by atoms with Crippen LogP contribution in [0.4, 0.5) is 5.82 Å². The lowest BCUT2D eigenvalue weighted by Gasteiger charge is -2.24. The van der Waals surface area contributed by atoms with E-state index in [-0.39, 0.29) is 0 Å². The van der Waals surface area contributed by atoms with Crippen molar-refractivity contribution in [1.29, 1.82) is 0 Å². The molecule has 108 valence electrons. The van der Waals surface area contributed by atoms with E-state index in [0.29, 0.717) is 11.8 Å². The van der Waals surface area contributed by atoms with Gasteiger partial charge in [0.2, 0.25) is 0 Å². The second kappa shape index (κ2) is 5.14. The Hall–Kier alpha value is -1.90. The van der Waals surface area contributed by atoms with Gasteiger partial charge in [-0.3, -0.25) is 0 Å². The molecule has 2 aliphatic carbocycles. The number of aromatic nitrogens is 2. The molecule has 1 atom stereocenters. The van der Waals surface area contributed by atoms with Crippen LogP contribution in [0.2, 0.25) is 0 Å². The molecule has 3 nitrogen and oxygen atoms in total. The van der Waals surface area contributed by atoms with Crippen molar-refractivity contribution in [3.8, 4) is 0 Å². The van der Waals surface area contributed by atoms with Crippen LogP contribution in [0.3, 0.4) is 0 Å². The second-order valence-corrected chi connectivity index (χ2v) is 6.27. The minimum Gasteiger partial charge on any atom is -0.373 e. The minimum absolute atomic E-state index is 0.464. The molecule has 21 heavy (non-hydrogen) atoms. The first-order valence-corrected chi connectivity index (χ1v) is 7.97. The Labute approximate surface area is 125 Å². The maximum Gasteiger partial charge on any atom is 0.134 e. The Morgan fingerprint density at radius 1 is 1.00 bits per heavy atom. The minimum atomic E-state index is 0.464. The van der Waals surface area contributed by atoms with Crippen molar-refractivity contribution in [2.75, 3.05) is 12.4 Å². The second-order valence-electron chi connectivity index (χ2n) is 6.27. The summed E-state index contributed by atoms with van der Waals surface area (Å²) in [7, 11) is 1.94. The summed E-state index contributed by atoms with van der Waals surface area (Å²) >= 11 is 0. The molecule has 1 saturated carbocycles. The van der Waals surface area contributed by atoms with Crippen molar-refractivity contribution in [3.05, 3.63) is 53.0 Å². The molecule has 1 aromatic carbocycles. The van der Waals surface area contributed by atoms with Gasteiger partial charge >= 0.3 is 0 Å². The smallest absolute Gasteiger partial charge is 0.134 e. The zero-order chi connectivity index (χ0) is 14.2. The zero-order valence-corrected chi connectivity index (χ0v) is 12.5.